The van der Waals surface area contributed by atoms with Crippen molar-refractivity contribution in [2.75, 3.05) is 32.7 Å². The molecule has 0 amide bonds. The van der Waals surface area contributed by atoms with Crippen molar-refractivity contribution < 1.29 is 5.11 Å². The molecule has 3 nitrogen and oxygen atoms in total. The van der Waals surface area contributed by atoms with Gasteiger partial charge in [0.1, 0.15) is 0 Å². The third-order valence-electron chi connectivity index (χ3n) is 4.31. The summed E-state index contributed by atoms with van der Waals surface area (Å²) in [6.45, 7) is 11.3. The van der Waals surface area contributed by atoms with Gasteiger partial charge in [0, 0.05) is 13.1 Å². The van der Waals surface area contributed by atoms with Crippen molar-refractivity contribution >= 4 is 0 Å². The molecular weight excluding hydrogens is 224 g/mol. The normalized spacial score (nSPS) is 26.5. The van der Waals surface area contributed by atoms with E-state index in [1.165, 1.54) is 25.7 Å². The average Bonchev–Trinajstić information content (AvgIpc) is 2.38. The summed E-state index contributed by atoms with van der Waals surface area (Å²) in [6.07, 6.45) is 5.26. The zero-order valence-corrected chi connectivity index (χ0v) is 12.5. The van der Waals surface area contributed by atoms with Gasteiger partial charge in [-0.1, -0.05) is 33.6 Å². The minimum Gasteiger partial charge on any atom is -0.390 e. The fourth-order valence-electron chi connectivity index (χ4n) is 2.83. The maximum Gasteiger partial charge on any atom is 0.0791 e. The first kappa shape index (κ1) is 15.9. The lowest BCUT2D eigenvalue weighted by Gasteiger charge is -2.27. The summed E-state index contributed by atoms with van der Waals surface area (Å²) in [5, 5.41) is 13.4. The Balaban J connectivity index is 2.06. The summed E-state index contributed by atoms with van der Waals surface area (Å²) >= 11 is 0. The smallest absolute Gasteiger partial charge is 0.0791 e. The Morgan fingerprint density at radius 3 is 2.33 bits per heavy atom. The van der Waals surface area contributed by atoms with E-state index in [-0.39, 0.29) is 6.10 Å². The van der Waals surface area contributed by atoms with Crippen LogP contribution in [-0.4, -0.2) is 48.8 Å². The van der Waals surface area contributed by atoms with E-state index in [0.29, 0.717) is 0 Å². The quantitative estimate of drug-likeness (QED) is 0.698. The number of aliphatic hydroxyl groups excluding tert-OH is 1. The van der Waals surface area contributed by atoms with E-state index in [1.807, 2.05) is 0 Å². The lowest BCUT2D eigenvalue weighted by molar-refractivity contribution is 0.114. The maximum atomic E-state index is 9.95. The van der Waals surface area contributed by atoms with Crippen molar-refractivity contribution in [2.45, 2.75) is 52.6 Å². The molecular formula is C15H32N2O. The van der Waals surface area contributed by atoms with E-state index in [2.05, 4.69) is 31.0 Å². The van der Waals surface area contributed by atoms with Gasteiger partial charge in [0.25, 0.3) is 0 Å². The van der Waals surface area contributed by atoms with Gasteiger partial charge in [0.05, 0.1) is 6.10 Å². The van der Waals surface area contributed by atoms with Crippen LogP contribution in [0.4, 0.5) is 0 Å². The second kappa shape index (κ2) is 8.89. The molecule has 18 heavy (non-hydrogen) atoms. The number of likely N-dealkylation sites (N-methyl/N-ethyl adjacent to an activating group) is 1. The molecule has 2 N–H and O–H groups in total. The highest BCUT2D eigenvalue weighted by Crippen LogP contribution is 2.27. The van der Waals surface area contributed by atoms with Crippen LogP contribution in [0.15, 0.2) is 0 Å². The van der Waals surface area contributed by atoms with Crippen LogP contribution in [0.25, 0.3) is 0 Å². The van der Waals surface area contributed by atoms with Crippen molar-refractivity contribution in [3.63, 3.8) is 0 Å². The summed E-state index contributed by atoms with van der Waals surface area (Å²) in [5.41, 5.74) is 0. The summed E-state index contributed by atoms with van der Waals surface area (Å²) in [7, 11) is 0. The number of hydrogen-bond donors (Lipinski definition) is 2. The molecule has 1 fully saturated rings. The molecule has 0 saturated heterocycles. The monoisotopic (exact) mass is 256 g/mol. The van der Waals surface area contributed by atoms with E-state index >= 15 is 0 Å². The Bertz CT molecular complexity index is 199. The van der Waals surface area contributed by atoms with Gasteiger partial charge < -0.3 is 15.3 Å². The SMILES string of the molecule is CCN(CC)CC(O)CNCC1CCC(C)CC1. The van der Waals surface area contributed by atoms with Crippen LogP contribution in [0.1, 0.15) is 46.5 Å². The van der Waals surface area contributed by atoms with Gasteiger partial charge in [-0.3, -0.25) is 0 Å². The lowest BCUT2D eigenvalue weighted by Crippen LogP contribution is -2.39. The van der Waals surface area contributed by atoms with Crippen molar-refractivity contribution in [2.24, 2.45) is 11.8 Å². The van der Waals surface area contributed by atoms with Gasteiger partial charge in [-0.25, -0.2) is 0 Å². The minimum absolute atomic E-state index is 0.229. The van der Waals surface area contributed by atoms with Gasteiger partial charge in [0.15, 0.2) is 0 Å². The molecule has 0 aromatic carbocycles. The number of hydrogen-bond acceptors (Lipinski definition) is 3. The standard InChI is InChI=1S/C15H32N2O/c1-4-17(5-2)12-15(18)11-16-10-14-8-6-13(3)7-9-14/h13-16,18H,4-12H2,1-3H3. The molecule has 0 aromatic rings. The van der Waals surface area contributed by atoms with Gasteiger partial charge in [-0.05, 0) is 44.3 Å². The molecule has 1 atom stereocenters. The molecule has 1 rings (SSSR count). The minimum atomic E-state index is -0.229. The summed E-state index contributed by atoms with van der Waals surface area (Å²) < 4.78 is 0. The maximum absolute atomic E-state index is 9.95. The molecule has 1 aliphatic carbocycles. The lowest BCUT2D eigenvalue weighted by atomic mass is 9.83. The van der Waals surface area contributed by atoms with Crippen molar-refractivity contribution in [1.82, 2.24) is 10.2 Å². The Morgan fingerprint density at radius 2 is 1.78 bits per heavy atom. The Labute approximate surface area is 113 Å². The first-order valence-electron chi connectivity index (χ1n) is 7.76. The van der Waals surface area contributed by atoms with Gasteiger partial charge >= 0.3 is 0 Å². The molecule has 1 unspecified atom stereocenters. The Hall–Kier alpha value is -0.120. The molecule has 0 aliphatic heterocycles. The van der Waals surface area contributed by atoms with Crippen molar-refractivity contribution in [3.05, 3.63) is 0 Å². The predicted octanol–water partition coefficient (Wildman–Crippen LogP) is 2.10. The number of aliphatic hydroxyl groups is 1. The van der Waals surface area contributed by atoms with Crippen molar-refractivity contribution in [3.8, 4) is 0 Å². The highest BCUT2D eigenvalue weighted by Gasteiger charge is 2.18. The van der Waals surface area contributed by atoms with Crippen LogP contribution in [0.5, 0.6) is 0 Å². The van der Waals surface area contributed by atoms with Crippen LogP contribution >= 0.6 is 0 Å². The van der Waals surface area contributed by atoms with Crippen LogP contribution in [0.2, 0.25) is 0 Å². The Morgan fingerprint density at radius 1 is 1.17 bits per heavy atom. The highest BCUT2D eigenvalue weighted by atomic mass is 16.3. The average molecular weight is 256 g/mol. The van der Waals surface area contributed by atoms with E-state index in [1.54, 1.807) is 0 Å². The molecule has 3 heteroatoms. The molecule has 0 bridgehead atoms. The topological polar surface area (TPSA) is 35.5 Å². The number of nitrogens with one attached hydrogen (secondary N) is 1. The van der Waals surface area contributed by atoms with Crippen LogP contribution in [0, 0.1) is 11.8 Å². The van der Waals surface area contributed by atoms with Crippen LogP contribution in [-0.2, 0) is 0 Å². The molecule has 0 spiro atoms. The third-order valence-corrected chi connectivity index (χ3v) is 4.31. The molecule has 0 radical (unpaired) electrons. The second-order valence-corrected chi connectivity index (χ2v) is 5.92. The fourth-order valence-corrected chi connectivity index (χ4v) is 2.83. The van der Waals surface area contributed by atoms with Crippen LogP contribution < -0.4 is 5.32 Å². The predicted molar refractivity (Wildman–Crippen MR) is 77.8 cm³/mol. The summed E-state index contributed by atoms with van der Waals surface area (Å²) in [4.78, 5) is 2.27. The molecule has 0 aromatic heterocycles. The number of rotatable bonds is 8. The van der Waals surface area contributed by atoms with E-state index in [4.69, 9.17) is 0 Å². The highest BCUT2D eigenvalue weighted by molar-refractivity contribution is 4.73. The fraction of sp³-hybridized carbons (Fsp3) is 1.00. The molecule has 108 valence electrons. The van der Waals surface area contributed by atoms with Gasteiger partial charge in [-0.15, -0.1) is 0 Å². The molecule has 1 saturated carbocycles. The van der Waals surface area contributed by atoms with E-state index in [9.17, 15) is 5.11 Å². The zero-order chi connectivity index (χ0) is 13.4. The Kier molecular flexibility index (Phi) is 7.87. The third kappa shape index (κ3) is 6.17. The first-order chi connectivity index (χ1) is 8.65. The van der Waals surface area contributed by atoms with Gasteiger partial charge in [0.2, 0.25) is 0 Å². The molecule has 1 aliphatic rings. The zero-order valence-electron chi connectivity index (χ0n) is 12.5. The second-order valence-electron chi connectivity index (χ2n) is 5.92. The summed E-state index contributed by atoms with van der Waals surface area (Å²) in [5.74, 6) is 1.76. The van der Waals surface area contributed by atoms with Crippen molar-refractivity contribution in [1.29, 1.82) is 0 Å². The number of nitrogens with zero attached hydrogens (tertiary/aromatic N) is 1. The first-order valence-corrected chi connectivity index (χ1v) is 7.76. The van der Waals surface area contributed by atoms with E-state index < -0.39 is 0 Å². The summed E-state index contributed by atoms with van der Waals surface area (Å²) in [6, 6.07) is 0. The van der Waals surface area contributed by atoms with Gasteiger partial charge in [-0.2, -0.15) is 0 Å². The molecule has 0 heterocycles. The van der Waals surface area contributed by atoms with Crippen LogP contribution in [0.3, 0.4) is 0 Å². The van der Waals surface area contributed by atoms with E-state index in [0.717, 1.165) is 44.6 Å². The largest absolute Gasteiger partial charge is 0.390 e.